The number of tetrazole rings is 1. The Hall–Kier alpha value is -2.39. The monoisotopic (exact) mass is 418 g/mol. The molecule has 1 aliphatic carbocycles. The maximum atomic E-state index is 5.64. The number of rotatable bonds is 7. The molecular weight excluding hydrogens is 384 g/mol. The van der Waals surface area contributed by atoms with Crippen LogP contribution in [0.25, 0.3) is 0 Å². The van der Waals surface area contributed by atoms with E-state index < -0.39 is 0 Å². The Labute approximate surface area is 177 Å². The third-order valence-electron chi connectivity index (χ3n) is 6.62. The fraction of sp³-hybridized carbons (Fsp3) is 0.667. The van der Waals surface area contributed by atoms with Crippen LogP contribution in [0.1, 0.15) is 49.2 Å². The first-order chi connectivity index (χ1) is 14.7. The molecule has 0 unspecified atom stereocenters. The predicted octanol–water partition coefficient (Wildman–Crippen LogP) is -0.683. The van der Waals surface area contributed by atoms with Crippen molar-refractivity contribution >= 4 is 0 Å². The third kappa shape index (κ3) is 3.96. The highest BCUT2D eigenvalue weighted by molar-refractivity contribution is 5.54. The Kier molecular flexibility index (Phi) is 6.38. The Morgan fingerprint density at radius 3 is 2.17 bits per heavy atom. The van der Waals surface area contributed by atoms with Gasteiger partial charge in [0.15, 0.2) is 17.5 Å². The van der Waals surface area contributed by atoms with Crippen molar-refractivity contribution in [2.45, 2.75) is 37.8 Å². The van der Waals surface area contributed by atoms with Gasteiger partial charge in [0.05, 0.1) is 34.4 Å². The summed E-state index contributed by atoms with van der Waals surface area (Å²) in [5.41, 5.74) is 1.09. The van der Waals surface area contributed by atoms with Crippen molar-refractivity contribution in [3.8, 4) is 17.2 Å². The first kappa shape index (κ1) is 20.9. The summed E-state index contributed by atoms with van der Waals surface area (Å²) in [6, 6.07) is 4.51. The quantitative estimate of drug-likeness (QED) is 0.620. The summed E-state index contributed by atoms with van der Waals surface area (Å²) in [4.78, 5) is 3.04. The number of hydrogen-bond acceptors (Lipinski definition) is 6. The zero-order valence-corrected chi connectivity index (χ0v) is 18.5. The molecular formula is C21H34N6O3+2. The number of piperazine rings is 1. The maximum Gasteiger partial charge on any atom is 0.214 e. The molecule has 2 aliphatic rings. The highest BCUT2D eigenvalue weighted by Gasteiger charge is 2.37. The molecule has 2 aromatic rings. The zero-order valence-electron chi connectivity index (χ0n) is 18.5. The van der Waals surface area contributed by atoms with Gasteiger partial charge in [-0.05, 0) is 35.4 Å². The molecule has 2 fully saturated rings. The molecule has 1 saturated carbocycles. The van der Waals surface area contributed by atoms with Crippen LogP contribution in [0.15, 0.2) is 12.1 Å². The topological polar surface area (TPSA) is 80.2 Å². The molecule has 1 atom stereocenters. The van der Waals surface area contributed by atoms with Crippen molar-refractivity contribution in [3.05, 3.63) is 23.5 Å². The van der Waals surface area contributed by atoms with E-state index in [-0.39, 0.29) is 6.04 Å². The second-order valence-electron chi connectivity index (χ2n) is 8.43. The van der Waals surface area contributed by atoms with E-state index in [1.165, 1.54) is 17.7 Å². The molecule has 1 aromatic carbocycles. The van der Waals surface area contributed by atoms with Crippen LogP contribution in [0.4, 0.5) is 0 Å². The summed E-state index contributed by atoms with van der Waals surface area (Å²) in [5.74, 6) is 2.87. The van der Waals surface area contributed by atoms with Crippen LogP contribution in [-0.4, -0.2) is 74.8 Å². The Morgan fingerprint density at radius 1 is 0.967 bits per heavy atom. The fourth-order valence-electron chi connectivity index (χ4n) is 4.92. The van der Waals surface area contributed by atoms with Gasteiger partial charge in [-0.2, -0.15) is 0 Å². The third-order valence-corrected chi connectivity index (χ3v) is 6.62. The van der Waals surface area contributed by atoms with Gasteiger partial charge in [0.25, 0.3) is 0 Å². The number of nitrogens with zero attached hydrogens (tertiary/aromatic N) is 4. The van der Waals surface area contributed by atoms with E-state index >= 15 is 0 Å². The standard InChI is InChI=1S/C21H32N6O3/c1-25-9-11-26(12-10-25)19(21-22-23-24-27(21)16-7-5-6-8-16)15-13-17(28-2)20(30-4)18(14-15)29-3/h13-14,16,19H,5-12H2,1-4H3/p+2/t19-/m1/s1. The molecule has 9 heteroatoms. The number of likely N-dealkylation sites (N-methyl/N-ethyl adjacent to an activating group) is 1. The van der Waals surface area contributed by atoms with Crippen LogP contribution in [-0.2, 0) is 0 Å². The molecule has 0 radical (unpaired) electrons. The van der Waals surface area contributed by atoms with E-state index in [4.69, 9.17) is 14.2 Å². The Balaban J connectivity index is 1.80. The SMILES string of the molecule is COc1cc([C@H](c2nnnn2C2CCCC2)[NH+]2CC[NH+](C)CC2)cc(OC)c1OC. The van der Waals surface area contributed by atoms with Gasteiger partial charge in [0.1, 0.15) is 26.2 Å². The number of nitrogens with one attached hydrogen (secondary N) is 2. The molecule has 0 amide bonds. The average Bonchev–Trinajstić information content (AvgIpc) is 3.46. The smallest absolute Gasteiger partial charge is 0.214 e. The van der Waals surface area contributed by atoms with Gasteiger partial charge in [-0.25, -0.2) is 4.68 Å². The molecule has 9 nitrogen and oxygen atoms in total. The van der Waals surface area contributed by atoms with Crippen molar-refractivity contribution in [1.82, 2.24) is 20.2 Å². The number of hydrogen-bond donors (Lipinski definition) is 2. The number of quaternary nitrogens is 2. The lowest BCUT2D eigenvalue weighted by molar-refractivity contribution is -1.02. The van der Waals surface area contributed by atoms with E-state index in [1.54, 1.807) is 26.2 Å². The van der Waals surface area contributed by atoms with Gasteiger partial charge in [-0.3, -0.25) is 0 Å². The van der Waals surface area contributed by atoms with Gasteiger partial charge >= 0.3 is 0 Å². The van der Waals surface area contributed by atoms with Crippen LogP contribution >= 0.6 is 0 Å². The van der Waals surface area contributed by atoms with Crippen molar-refractivity contribution in [2.24, 2.45) is 0 Å². The van der Waals surface area contributed by atoms with Gasteiger partial charge in [-0.15, -0.1) is 5.10 Å². The van der Waals surface area contributed by atoms with E-state index in [2.05, 4.69) is 39.4 Å². The average molecular weight is 419 g/mol. The minimum Gasteiger partial charge on any atom is -0.493 e. The minimum atomic E-state index is 0.0161. The maximum absolute atomic E-state index is 5.64. The highest BCUT2D eigenvalue weighted by atomic mass is 16.5. The first-order valence-corrected chi connectivity index (χ1v) is 10.9. The molecule has 1 saturated heterocycles. The first-order valence-electron chi connectivity index (χ1n) is 10.9. The van der Waals surface area contributed by atoms with Crippen molar-refractivity contribution in [1.29, 1.82) is 0 Å². The van der Waals surface area contributed by atoms with Crippen LogP contribution in [0, 0.1) is 0 Å². The molecule has 1 aliphatic heterocycles. The van der Waals surface area contributed by atoms with E-state index in [1.807, 2.05) is 0 Å². The number of ether oxygens (including phenoxy) is 3. The molecule has 4 rings (SSSR count). The van der Waals surface area contributed by atoms with Crippen LogP contribution in [0.2, 0.25) is 0 Å². The van der Waals surface area contributed by atoms with E-state index in [9.17, 15) is 0 Å². The normalized spacial score (nSPS) is 23.3. The lowest BCUT2D eigenvalue weighted by Gasteiger charge is -2.33. The van der Waals surface area contributed by atoms with Crippen LogP contribution < -0.4 is 24.0 Å². The van der Waals surface area contributed by atoms with Gasteiger partial charge in [-0.1, -0.05) is 12.8 Å². The van der Waals surface area contributed by atoms with Crippen molar-refractivity contribution < 1.29 is 24.0 Å². The predicted molar refractivity (Wildman–Crippen MR) is 111 cm³/mol. The summed E-state index contributed by atoms with van der Waals surface area (Å²) in [6.07, 6.45) is 4.76. The second-order valence-corrected chi connectivity index (χ2v) is 8.43. The molecule has 30 heavy (non-hydrogen) atoms. The lowest BCUT2D eigenvalue weighted by atomic mass is 10.0. The van der Waals surface area contributed by atoms with Gasteiger partial charge in [0, 0.05) is 5.56 Å². The number of benzene rings is 1. The minimum absolute atomic E-state index is 0.0161. The van der Waals surface area contributed by atoms with E-state index in [0.29, 0.717) is 23.3 Å². The number of aromatic nitrogens is 4. The summed E-state index contributed by atoms with van der Waals surface area (Å²) in [6.45, 7) is 4.37. The summed E-state index contributed by atoms with van der Waals surface area (Å²) in [5, 5.41) is 13.1. The van der Waals surface area contributed by atoms with Gasteiger partial charge < -0.3 is 24.0 Å². The molecule has 2 heterocycles. The molecule has 1 aromatic heterocycles. The second kappa shape index (κ2) is 9.18. The number of methoxy groups -OCH3 is 3. The molecule has 164 valence electrons. The van der Waals surface area contributed by atoms with Crippen molar-refractivity contribution in [3.63, 3.8) is 0 Å². The summed E-state index contributed by atoms with van der Waals surface area (Å²) in [7, 11) is 7.20. The summed E-state index contributed by atoms with van der Waals surface area (Å²) < 4.78 is 18.9. The highest BCUT2D eigenvalue weighted by Crippen LogP contribution is 2.40. The fourth-order valence-corrected chi connectivity index (χ4v) is 4.92. The van der Waals surface area contributed by atoms with E-state index in [0.717, 1.165) is 50.4 Å². The van der Waals surface area contributed by atoms with Crippen molar-refractivity contribution in [2.75, 3.05) is 54.6 Å². The lowest BCUT2D eigenvalue weighted by Crippen LogP contribution is -3.27. The van der Waals surface area contributed by atoms with Crippen LogP contribution in [0.5, 0.6) is 17.2 Å². The Morgan fingerprint density at radius 2 is 1.60 bits per heavy atom. The summed E-state index contributed by atoms with van der Waals surface area (Å²) >= 11 is 0. The molecule has 2 N–H and O–H groups in total. The molecule has 0 bridgehead atoms. The van der Waals surface area contributed by atoms with Crippen LogP contribution in [0.3, 0.4) is 0 Å². The Bertz CT molecular complexity index is 818. The molecule has 0 spiro atoms. The van der Waals surface area contributed by atoms with Gasteiger partial charge in [0.2, 0.25) is 11.6 Å². The largest absolute Gasteiger partial charge is 0.493 e. The zero-order chi connectivity index (χ0) is 21.1.